The van der Waals surface area contributed by atoms with Crippen LogP contribution in [-0.2, 0) is 50.5 Å². The number of aliphatic carboxylic acids is 1. The van der Waals surface area contributed by atoms with Gasteiger partial charge in [-0.05, 0) is 0 Å². The van der Waals surface area contributed by atoms with E-state index < -0.39 is 36.4 Å². The average molecular weight is 535 g/mol. The predicted octanol–water partition coefficient (Wildman–Crippen LogP) is -6.79. The van der Waals surface area contributed by atoms with Crippen molar-refractivity contribution in [2.45, 2.75) is 7.43 Å². The number of carboxylic acids is 1. The molecule has 0 bridgehead atoms. The van der Waals surface area contributed by atoms with E-state index in [1.54, 1.807) is 0 Å². The maximum atomic E-state index is 9.75. The first-order chi connectivity index (χ1) is 11.1. The van der Waals surface area contributed by atoms with Gasteiger partial charge in [0.1, 0.15) is 0 Å². The third kappa shape index (κ3) is 63.1. The summed E-state index contributed by atoms with van der Waals surface area (Å²) in [4.78, 5) is 44.9. The Morgan fingerprint density at radius 2 is 0.938 bits per heavy atom. The van der Waals surface area contributed by atoms with Gasteiger partial charge in [0, 0.05) is 29.9 Å². The molecule has 0 saturated heterocycles. The Labute approximate surface area is 184 Å². The van der Waals surface area contributed by atoms with E-state index in [-0.39, 0.29) is 53.3 Å². The topological polar surface area (TPSA) is 427 Å². The van der Waals surface area contributed by atoms with Crippen molar-refractivity contribution in [2.24, 2.45) is 0 Å². The van der Waals surface area contributed by atoms with E-state index in [1.807, 2.05) is 0 Å². The zero-order valence-electron chi connectivity index (χ0n) is 16.3. The van der Waals surface area contributed by atoms with Crippen LogP contribution in [0.3, 0.4) is 0 Å². The zero-order chi connectivity index (χ0) is 20.2. The largest absolute Gasteiger partial charge is 0.678 e. The smallest absolute Gasteiger partial charge is 0.473 e. The molecule has 0 aliphatic rings. The molecule has 16 N–H and O–H groups in total. The molecule has 0 fully saturated rings. The van der Waals surface area contributed by atoms with Gasteiger partial charge in [0.2, 0.25) is 0 Å². The lowest BCUT2D eigenvalue weighted by atomic mass is 10.7. The molecule has 0 aliphatic heterocycles. The number of carbonyl (C=O) groups is 3. The summed E-state index contributed by atoms with van der Waals surface area (Å²) in [6, 6.07) is 0. The van der Waals surface area contributed by atoms with Gasteiger partial charge in [0.15, 0.2) is 0 Å². The van der Waals surface area contributed by atoms with Gasteiger partial charge in [0.05, 0.1) is 0 Å². The molecule has 0 atom stereocenters. The number of rotatable bonds is 4. The van der Waals surface area contributed by atoms with Crippen molar-refractivity contribution >= 4 is 42.6 Å². The van der Waals surface area contributed by atoms with Crippen LogP contribution in [0.4, 0.5) is 4.79 Å². The molecule has 0 aromatic rings. The van der Waals surface area contributed by atoms with Gasteiger partial charge >= 0.3 is 42.6 Å². The quantitative estimate of drug-likeness (QED) is 0.146. The van der Waals surface area contributed by atoms with Crippen molar-refractivity contribution in [1.82, 2.24) is 0 Å². The first-order valence-electron chi connectivity index (χ1n) is 4.98. The Balaban J connectivity index is -0.0000000145. The third-order valence-corrected chi connectivity index (χ3v) is 3.35. The lowest BCUT2D eigenvalue weighted by Crippen LogP contribution is -2.45. The van der Waals surface area contributed by atoms with Crippen molar-refractivity contribution in [3.05, 3.63) is 0 Å². The minimum Gasteiger partial charge on any atom is -0.473 e. The van der Waals surface area contributed by atoms with Gasteiger partial charge in [0.25, 0.3) is 0 Å². The van der Waals surface area contributed by atoms with Crippen molar-refractivity contribution in [3.63, 3.8) is 0 Å². The summed E-state index contributed by atoms with van der Waals surface area (Å²) in [6.45, 7) is 0. The molecule has 0 aliphatic carbocycles. The normalized spacial score (nSPS) is 6.12. The number of carbonyl (C=O) groups excluding carboxylic acids is 3. The number of ether oxygens (including phenoxy) is 1. The van der Waals surface area contributed by atoms with Crippen LogP contribution in [-0.4, -0.2) is 120 Å². The van der Waals surface area contributed by atoms with Crippen LogP contribution in [0, 0.1) is 0 Å². The van der Waals surface area contributed by atoms with Crippen molar-refractivity contribution in [3.8, 4) is 0 Å². The van der Waals surface area contributed by atoms with Crippen LogP contribution in [0.15, 0.2) is 0 Å². The van der Waals surface area contributed by atoms with E-state index in [0.29, 0.717) is 0 Å². The predicted molar refractivity (Wildman–Crippen MR) is 102 cm³/mol. The van der Waals surface area contributed by atoms with E-state index in [2.05, 4.69) is 4.74 Å². The number of hydrogen-bond acceptors (Lipinski definition) is 12. The fraction of sp³-hybridized carbons (Fsp3) is 0.556. The van der Waals surface area contributed by atoms with Crippen LogP contribution >= 0.6 is 0 Å². The fourth-order valence-corrected chi connectivity index (χ4v) is 1.62. The molecule has 32 heavy (non-hydrogen) atoms. The van der Waals surface area contributed by atoms with Crippen LogP contribution in [0.1, 0.15) is 8.85 Å². The first kappa shape index (κ1) is 78.3. The fourth-order valence-electron chi connectivity index (χ4n) is 0.623. The molecule has 23 heteroatoms. The summed E-state index contributed by atoms with van der Waals surface area (Å²) < 4.78 is 39.4. The highest BCUT2D eigenvalue weighted by Crippen LogP contribution is 2.04. The second-order valence-corrected chi connectivity index (χ2v) is 5.24. The highest BCUT2D eigenvalue weighted by Gasteiger charge is 2.40. The molecule has 0 spiro atoms. The second-order valence-electron chi connectivity index (χ2n) is 2.44. The van der Waals surface area contributed by atoms with Gasteiger partial charge in [-0.25, -0.2) is 14.4 Å². The summed E-state index contributed by atoms with van der Waals surface area (Å²) in [5.74, 6) is -3.74. The SMILES string of the molecule is C.CO[Si](OC)(OC)OC.O.O.O.O.O.O.O.O=C(O)OC(=O)C(=O)O.O=C=O.O=[Si]=O.[HH]. The standard InChI is InChI=1S/C4H12O4Si.C3H2O6.CO2.CH4.O2Si.7H2O.H2/c1-5-9(6-2,7-3)8-4;4-1(5)2(6)9-3(7)8;2-1-3;;1-3-2;;;;;;;;/h1-4H3;(H,4,5)(H,7,8);;1H4;;7*1H2;1H. The molecular weight excluding hydrogens is 500 g/mol. The summed E-state index contributed by atoms with van der Waals surface area (Å²) >= 11 is 0. The monoisotopic (exact) mass is 534 g/mol. The van der Waals surface area contributed by atoms with Gasteiger partial charge in [-0.15, -0.1) is 0 Å². The van der Waals surface area contributed by atoms with Crippen LogP contribution in [0.25, 0.3) is 0 Å². The third-order valence-electron chi connectivity index (χ3n) is 1.35. The number of hydrogen-bond donors (Lipinski definition) is 2. The molecule has 21 nitrogen and oxygen atoms in total. The van der Waals surface area contributed by atoms with Crippen molar-refractivity contribution in [1.29, 1.82) is 0 Å². The summed E-state index contributed by atoms with van der Waals surface area (Å²) in [5.41, 5.74) is 0. The van der Waals surface area contributed by atoms with Crippen LogP contribution in [0.2, 0.25) is 0 Å². The molecule has 0 aromatic carbocycles. The molecule has 0 radical (unpaired) electrons. The molecule has 204 valence electrons. The van der Waals surface area contributed by atoms with Crippen molar-refractivity contribution < 1.29 is 105 Å². The lowest BCUT2D eigenvalue weighted by molar-refractivity contribution is -0.191. The highest BCUT2D eigenvalue weighted by molar-refractivity contribution is 6.53. The van der Waals surface area contributed by atoms with Gasteiger partial charge < -0.3 is 71.0 Å². The molecule has 0 amide bonds. The molecule has 0 heterocycles. The van der Waals surface area contributed by atoms with E-state index in [0.717, 1.165) is 0 Å². The number of esters is 1. The Kier molecular flexibility index (Phi) is 139. The summed E-state index contributed by atoms with van der Waals surface area (Å²) in [7, 11) is 1.85. The van der Waals surface area contributed by atoms with E-state index >= 15 is 0 Å². The average Bonchev–Trinajstić information content (AvgIpc) is 2.51. The van der Waals surface area contributed by atoms with E-state index in [9.17, 15) is 14.4 Å². The highest BCUT2D eigenvalue weighted by atomic mass is 28.4. The van der Waals surface area contributed by atoms with Crippen molar-refractivity contribution in [2.75, 3.05) is 28.4 Å². The molecule has 0 saturated carbocycles. The Morgan fingerprint density at radius 3 is 0.969 bits per heavy atom. The molecule has 0 unspecified atom stereocenters. The van der Waals surface area contributed by atoms with Gasteiger partial charge in [-0.1, -0.05) is 7.43 Å². The Bertz CT molecular complexity index is 416. The minimum atomic E-state index is -2.69. The van der Waals surface area contributed by atoms with Gasteiger partial charge in [-0.3, -0.25) is 8.92 Å². The van der Waals surface area contributed by atoms with E-state index in [1.165, 1.54) is 28.4 Å². The Morgan fingerprint density at radius 1 is 0.750 bits per heavy atom. The lowest BCUT2D eigenvalue weighted by Gasteiger charge is -2.19. The van der Waals surface area contributed by atoms with E-state index in [4.69, 9.17) is 46.4 Å². The molecule has 0 aromatic heterocycles. The van der Waals surface area contributed by atoms with Crippen LogP contribution in [0.5, 0.6) is 0 Å². The second kappa shape index (κ2) is 56.6. The minimum absolute atomic E-state index is 0. The number of carboxylic acid groups (broad SMARTS) is 2. The maximum absolute atomic E-state index is 9.75. The molecule has 0 rings (SSSR count). The van der Waals surface area contributed by atoms with Crippen LogP contribution < -0.4 is 0 Å². The summed E-state index contributed by atoms with van der Waals surface area (Å²) in [6.07, 6.45) is -1.68. The maximum Gasteiger partial charge on any atom is 0.678 e. The molecular formula is C9H34O21Si2. The zero-order valence-corrected chi connectivity index (χ0v) is 18.3. The first-order valence-corrected chi connectivity index (χ1v) is 7.43. The summed E-state index contributed by atoms with van der Waals surface area (Å²) in [5, 5.41) is 15.3. The van der Waals surface area contributed by atoms with Gasteiger partial charge in [-0.2, -0.15) is 9.59 Å². The Hall–Kier alpha value is -2.62.